The van der Waals surface area contributed by atoms with E-state index in [-0.39, 0.29) is 0 Å². The van der Waals surface area contributed by atoms with Gasteiger partial charge in [0.15, 0.2) is 0 Å². The Morgan fingerprint density at radius 1 is 1.50 bits per heavy atom. The topological polar surface area (TPSA) is 32.3 Å². The molecule has 0 aromatic carbocycles. The molecule has 0 aromatic rings. The fourth-order valence-corrected chi connectivity index (χ4v) is 3.21. The van der Waals surface area contributed by atoms with Crippen LogP contribution in [-0.4, -0.2) is 52.8 Å². The van der Waals surface area contributed by atoms with Crippen LogP contribution < -0.4 is 5.32 Å². The van der Waals surface area contributed by atoms with E-state index in [1.807, 2.05) is 0 Å². The van der Waals surface area contributed by atoms with Crippen LogP contribution in [0.5, 0.6) is 0 Å². The van der Waals surface area contributed by atoms with Crippen LogP contribution in [0.1, 0.15) is 26.2 Å². The van der Waals surface area contributed by atoms with Crippen LogP contribution in [0.25, 0.3) is 0 Å². The largest absolute Gasteiger partial charge is 0.311 e. The maximum Gasteiger partial charge on any atom is 0.0246 e. The lowest BCUT2D eigenvalue weighted by Crippen LogP contribution is -2.54. The zero-order valence-corrected chi connectivity index (χ0v) is 11.3. The molecule has 1 aliphatic carbocycles. The van der Waals surface area contributed by atoms with Crippen molar-refractivity contribution in [2.45, 2.75) is 38.3 Å². The molecule has 3 nitrogen and oxygen atoms in total. The third kappa shape index (κ3) is 3.54. The summed E-state index contributed by atoms with van der Waals surface area (Å²) in [6.07, 6.45) is 5.70. The van der Waals surface area contributed by atoms with Crippen LogP contribution in [-0.2, 0) is 10.8 Å². The fourth-order valence-electron chi connectivity index (χ4n) is 2.54. The molecule has 2 rings (SSSR count). The molecule has 2 fully saturated rings. The molecular weight excluding hydrogens is 220 g/mol. The first-order valence-electron chi connectivity index (χ1n) is 6.44. The zero-order chi connectivity index (χ0) is 11.5. The maximum absolute atomic E-state index is 11.1. The Balaban J connectivity index is 1.76. The molecule has 1 saturated carbocycles. The van der Waals surface area contributed by atoms with E-state index in [1.54, 1.807) is 6.26 Å². The minimum atomic E-state index is -0.638. The lowest BCUT2D eigenvalue weighted by molar-refractivity contribution is 0.142. The molecule has 0 amide bonds. The molecule has 94 valence electrons. The Bertz CT molecular complexity index is 255. The summed E-state index contributed by atoms with van der Waals surface area (Å²) in [6.45, 7) is 5.76. The zero-order valence-electron chi connectivity index (χ0n) is 10.4. The normalized spacial score (nSPS) is 31.2. The number of hydrogen-bond donors (Lipinski definition) is 1. The highest BCUT2D eigenvalue weighted by atomic mass is 32.2. The fraction of sp³-hybridized carbons (Fsp3) is 1.00. The number of piperazine rings is 1. The summed E-state index contributed by atoms with van der Waals surface area (Å²) >= 11 is 0. The van der Waals surface area contributed by atoms with Crippen molar-refractivity contribution in [2.75, 3.05) is 31.6 Å². The van der Waals surface area contributed by atoms with Crippen LogP contribution in [0.15, 0.2) is 0 Å². The smallest absolute Gasteiger partial charge is 0.0246 e. The Kier molecular flexibility index (Phi) is 4.39. The number of hydrogen-bond acceptors (Lipinski definition) is 3. The van der Waals surface area contributed by atoms with Crippen LogP contribution in [0.2, 0.25) is 0 Å². The van der Waals surface area contributed by atoms with Crippen molar-refractivity contribution >= 4 is 10.8 Å². The van der Waals surface area contributed by atoms with E-state index in [1.165, 1.54) is 19.4 Å². The van der Waals surface area contributed by atoms with Crippen LogP contribution in [0.3, 0.4) is 0 Å². The number of nitrogens with one attached hydrogen (secondary N) is 1. The van der Waals surface area contributed by atoms with Gasteiger partial charge >= 0.3 is 0 Å². The van der Waals surface area contributed by atoms with Gasteiger partial charge in [0, 0.05) is 54.5 Å². The van der Waals surface area contributed by atoms with Gasteiger partial charge in [-0.2, -0.15) is 0 Å². The summed E-state index contributed by atoms with van der Waals surface area (Å²) in [5, 5.41) is 3.63. The SMILES string of the molecule is CC(CCS(C)=O)N1CCNC(C2CC2)C1. The van der Waals surface area contributed by atoms with Gasteiger partial charge in [-0.3, -0.25) is 9.11 Å². The second-order valence-corrected chi connectivity index (χ2v) is 6.86. The first kappa shape index (κ1) is 12.5. The molecule has 3 atom stereocenters. The van der Waals surface area contributed by atoms with Gasteiger partial charge in [0.1, 0.15) is 0 Å². The van der Waals surface area contributed by atoms with Crippen LogP contribution in [0, 0.1) is 5.92 Å². The Morgan fingerprint density at radius 2 is 2.25 bits per heavy atom. The van der Waals surface area contributed by atoms with Crippen LogP contribution in [0.4, 0.5) is 0 Å². The van der Waals surface area contributed by atoms with E-state index in [2.05, 4.69) is 17.1 Å². The molecule has 1 heterocycles. The quantitative estimate of drug-likeness (QED) is 0.777. The minimum absolute atomic E-state index is 0.590. The summed E-state index contributed by atoms with van der Waals surface area (Å²) in [5.74, 6) is 1.79. The second-order valence-electron chi connectivity index (χ2n) is 5.31. The molecule has 2 aliphatic rings. The van der Waals surface area contributed by atoms with Crippen molar-refractivity contribution in [1.82, 2.24) is 10.2 Å². The predicted molar refractivity (Wildman–Crippen MR) is 69.1 cm³/mol. The average Bonchev–Trinajstić information content (AvgIpc) is 3.10. The van der Waals surface area contributed by atoms with Crippen molar-refractivity contribution in [2.24, 2.45) is 5.92 Å². The molecular formula is C12H24N2OS. The summed E-state index contributed by atoms with van der Waals surface area (Å²) in [4.78, 5) is 2.58. The molecule has 0 spiro atoms. The van der Waals surface area contributed by atoms with Crippen molar-refractivity contribution in [3.05, 3.63) is 0 Å². The van der Waals surface area contributed by atoms with E-state index >= 15 is 0 Å². The molecule has 1 N–H and O–H groups in total. The first-order chi connectivity index (χ1) is 7.66. The van der Waals surface area contributed by atoms with Gasteiger partial charge < -0.3 is 5.32 Å². The standard InChI is InChI=1S/C12H24N2OS/c1-10(5-8-16(2)15)14-7-6-13-12(9-14)11-3-4-11/h10-13H,3-9H2,1-2H3. The molecule has 1 saturated heterocycles. The van der Waals surface area contributed by atoms with Gasteiger partial charge in [0.05, 0.1) is 0 Å². The van der Waals surface area contributed by atoms with E-state index in [0.29, 0.717) is 6.04 Å². The van der Waals surface area contributed by atoms with Crippen molar-refractivity contribution in [3.63, 3.8) is 0 Å². The Labute approximate surface area is 101 Å². The van der Waals surface area contributed by atoms with Crippen molar-refractivity contribution in [3.8, 4) is 0 Å². The molecule has 0 bridgehead atoms. The first-order valence-corrected chi connectivity index (χ1v) is 8.17. The van der Waals surface area contributed by atoms with E-state index in [0.717, 1.165) is 37.2 Å². The molecule has 1 aliphatic heterocycles. The summed E-state index contributed by atoms with van der Waals surface area (Å²) < 4.78 is 11.1. The third-order valence-electron chi connectivity index (χ3n) is 3.87. The Morgan fingerprint density at radius 3 is 2.88 bits per heavy atom. The molecule has 0 aromatic heterocycles. The number of rotatable bonds is 5. The van der Waals surface area contributed by atoms with Crippen molar-refractivity contribution in [1.29, 1.82) is 0 Å². The summed E-state index contributed by atoms with van der Waals surface area (Å²) in [6, 6.07) is 1.32. The molecule has 3 unspecified atom stereocenters. The summed E-state index contributed by atoms with van der Waals surface area (Å²) in [5.41, 5.74) is 0. The van der Waals surface area contributed by atoms with Crippen LogP contribution >= 0.6 is 0 Å². The van der Waals surface area contributed by atoms with E-state index in [4.69, 9.17) is 0 Å². The lowest BCUT2D eigenvalue weighted by atomic mass is 10.1. The van der Waals surface area contributed by atoms with Gasteiger partial charge in [-0.1, -0.05) is 0 Å². The maximum atomic E-state index is 11.1. The monoisotopic (exact) mass is 244 g/mol. The van der Waals surface area contributed by atoms with Gasteiger partial charge in [0.25, 0.3) is 0 Å². The van der Waals surface area contributed by atoms with Crippen molar-refractivity contribution < 1.29 is 4.21 Å². The average molecular weight is 244 g/mol. The highest BCUT2D eigenvalue weighted by molar-refractivity contribution is 7.84. The van der Waals surface area contributed by atoms with Gasteiger partial charge in [-0.05, 0) is 32.1 Å². The molecule has 16 heavy (non-hydrogen) atoms. The number of nitrogens with zero attached hydrogens (tertiary/aromatic N) is 1. The van der Waals surface area contributed by atoms with E-state index in [9.17, 15) is 4.21 Å². The van der Waals surface area contributed by atoms with Gasteiger partial charge in [-0.25, -0.2) is 0 Å². The minimum Gasteiger partial charge on any atom is -0.311 e. The lowest BCUT2D eigenvalue weighted by Gasteiger charge is -2.37. The summed E-state index contributed by atoms with van der Waals surface area (Å²) in [7, 11) is -0.638. The third-order valence-corrected chi connectivity index (χ3v) is 4.68. The second kappa shape index (κ2) is 5.61. The molecule has 4 heteroatoms. The predicted octanol–water partition coefficient (Wildman–Crippen LogP) is 0.827. The highest BCUT2D eigenvalue weighted by Gasteiger charge is 2.34. The molecule has 0 radical (unpaired) electrons. The van der Waals surface area contributed by atoms with E-state index < -0.39 is 10.8 Å². The highest BCUT2D eigenvalue weighted by Crippen LogP contribution is 2.33. The van der Waals surface area contributed by atoms with Gasteiger partial charge in [-0.15, -0.1) is 0 Å². The van der Waals surface area contributed by atoms with Gasteiger partial charge in [0.2, 0.25) is 0 Å². The Hall–Kier alpha value is 0.0700.